The number of hydrogen-bond donors (Lipinski definition) is 2. The molecule has 0 spiro atoms. The van der Waals surface area contributed by atoms with Crippen LogP contribution in [0.25, 0.3) is 11.0 Å². The van der Waals surface area contributed by atoms with E-state index in [1.807, 2.05) is 26.0 Å². The lowest BCUT2D eigenvalue weighted by atomic mass is 10.0. The molecule has 0 fully saturated rings. The van der Waals surface area contributed by atoms with Crippen LogP contribution in [0.5, 0.6) is 0 Å². The zero-order valence-corrected chi connectivity index (χ0v) is 12.3. The van der Waals surface area contributed by atoms with Crippen molar-refractivity contribution in [3.05, 3.63) is 58.9 Å². The first-order valence-corrected chi connectivity index (χ1v) is 6.87. The van der Waals surface area contributed by atoms with Crippen LogP contribution < -0.4 is 5.32 Å². The van der Waals surface area contributed by atoms with Crippen molar-refractivity contribution in [3.63, 3.8) is 0 Å². The van der Waals surface area contributed by atoms with E-state index in [2.05, 4.69) is 34.3 Å². The molecule has 0 radical (unpaired) electrons. The Labute approximate surface area is 123 Å². The molecule has 2 N–H and O–H groups in total. The monoisotopic (exact) mass is 279 g/mol. The van der Waals surface area contributed by atoms with E-state index in [0.717, 1.165) is 27.8 Å². The summed E-state index contributed by atoms with van der Waals surface area (Å²) in [6.07, 6.45) is 1.63. The number of anilines is 1. The molecule has 106 valence electrons. The molecule has 0 saturated carbocycles. The van der Waals surface area contributed by atoms with E-state index in [1.165, 1.54) is 5.56 Å². The highest BCUT2D eigenvalue weighted by atomic mass is 16.1. The fraction of sp³-hybridized carbons (Fsp3) is 0.176. The number of aromatic amines is 1. The third kappa shape index (κ3) is 2.52. The third-order valence-corrected chi connectivity index (χ3v) is 3.60. The number of rotatable bonds is 2. The van der Waals surface area contributed by atoms with E-state index < -0.39 is 0 Å². The Hall–Kier alpha value is -2.62. The van der Waals surface area contributed by atoms with Crippen molar-refractivity contribution >= 4 is 22.6 Å². The molecule has 1 amide bonds. The van der Waals surface area contributed by atoms with Crippen molar-refractivity contribution in [3.8, 4) is 0 Å². The predicted octanol–water partition coefficient (Wildman–Crippen LogP) is 3.74. The molecule has 0 saturated heterocycles. The highest BCUT2D eigenvalue weighted by Crippen LogP contribution is 2.23. The Kier molecular flexibility index (Phi) is 3.22. The molecule has 0 aliphatic rings. The highest BCUT2D eigenvalue weighted by Gasteiger charge is 2.11. The van der Waals surface area contributed by atoms with E-state index in [4.69, 9.17) is 0 Å². The van der Waals surface area contributed by atoms with Crippen molar-refractivity contribution < 1.29 is 4.79 Å². The summed E-state index contributed by atoms with van der Waals surface area (Å²) in [4.78, 5) is 19.6. The normalized spacial score (nSPS) is 10.8. The molecule has 0 aliphatic carbocycles. The zero-order valence-electron chi connectivity index (χ0n) is 12.3. The number of aryl methyl sites for hydroxylation is 3. The van der Waals surface area contributed by atoms with Gasteiger partial charge in [-0.2, -0.15) is 0 Å². The van der Waals surface area contributed by atoms with Crippen molar-refractivity contribution in [2.24, 2.45) is 0 Å². The van der Waals surface area contributed by atoms with Gasteiger partial charge in [-0.05, 0) is 50.1 Å². The van der Waals surface area contributed by atoms with Gasteiger partial charge in [-0.3, -0.25) is 4.79 Å². The Balaban J connectivity index is 1.92. The highest BCUT2D eigenvalue weighted by molar-refractivity contribution is 6.06. The van der Waals surface area contributed by atoms with Crippen molar-refractivity contribution in [2.75, 3.05) is 5.32 Å². The number of fused-ring (bicyclic) bond motifs is 1. The Morgan fingerprint density at radius 1 is 1.10 bits per heavy atom. The standard InChI is InChI=1S/C17H17N3O/c1-10-6-11(2)16(12(3)7-10)20-17(21)13-4-5-14-15(8-13)19-9-18-14/h4-9H,1-3H3,(H,18,19)(H,20,21). The number of benzene rings is 2. The molecule has 0 aliphatic heterocycles. The summed E-state index contributed by atoms with van der Waals surface area (Å²) < 4.78 is 0. The molecule has 0 unspecified atom stereocenters. The van der Waals surface area contributed by atoms with Crippen LogP contribution in [0, 0.1) is 20.8 Å². The molecule has 3 rings (SSSR count). The second-order valence-electron chi connectivity index (χ2n) is 5.36. The van der Waals surface area contributed by atoms with Crippen LogP contribution >= 0.6 is 0 Å². The maximum atomic E-state index is 12.4. The molecular weight excluding hydrogens is 262 g/mol. The van der Waals surface area contributed by atoms with Gasteiger partial charge in [0.25, 0.3) is 5.91 Å². The molecule has 21 heavy (non-hydrogen) atoms. The molecule has 3 aromatic rings. The molecule has 1 aromatic heterocycles. The van der Waals surface area contributed by atoms with Gasteiger partial charge >= 0.3 is 0 Å². The maximum Gasteiger partial charge on any atom is 0.255 e. The summed E-state index contributed by atoms with van der Waals surface area (Å²) in [5, 5.41) is 3.01. The molecular formula is C17H17N3O. The smallest absolute Gasteiger partial charge is 0.255 e. The summed E-state index contributed by atoms with van der Waals surface area (Å²) in [6.45, 7) is 6.07. The number of aromatic nitrogens is 2. The number of carbonyl (C=O) groups excluding carboxylic acids is 1. The van der Waals surface area contributed by atoms with Crippen molar-refractivity contribution in [1.29, 1.82) is 0 Å². The predicted molar refractivity (Wildman–Crippen MR) is 84.7 cm³/mol. The Morgan fingerprint density at radius 3 is 2.52 bits per heavy atom. The average Bonchev–Trinajstić information content (AvgIpc) is 2.89. The number of nitrogens with one attached hydrogen (secondary N) is 2. The van der Waals surface area contributed by atoms with Gasteiger partial charge in [0.2, 0.25) is 0 Å². The molecule has 0 bridgehead atoms. The van der Waals surface area contributed by atoms with Crippen LogP contribution in [0.15, 0.2) is 36.7 Å². The minimum absolute atomic E-state index is 0.110. The van der Waals surface area contributed by atoms with E-state index in [0.29, 0.717) is 5.56 Å². The number of hydrogen-bond acceptors (Lipinski definition) is 2. The van der Waals surface area contributed by atoms with Gasteiger partial charge in [0.1, 0.15) is 0 Å². The van der Waals surface area contributed by atoms with E-state index in [9.17, 15) is 4.79 Å². The summed E-state index contributed by atoms with van der Waals surface area (Å²) in [5.74, 6) is -0.110. The maximum absolute atomic E-state index is 12.4. The fourth-order valence-corrected chi connectivity index (χ4v) is 2.64. The molecule has 4 heteroatoms. The van der Waals surface area contributed by atoms with Gasteiger partial charge in [-0.15, -0.1) is 0 Å². The lowest BCUT2D eigenvalue weighted by Crippen LogP contribution is -2.13. The van der Waals surface area contributed by atoms with Crippen LogP contribution in [-0.4, -0.2) is 15.9 Å². The SMILES string of the molecule is Cc1cc(C)c(NC(=O)c2ccc3nc[nH]c3c2)c(C)c1. The summed E-state index contributed by atoms with van der Waals surface area (Å²) in [6, 6.07) is 9.59. The topological polar surface area (TPSA) is 57.8 Å². The van der Waals surface area contributed by atoms with Gasteiger partial charge in [0.05, 0.1) is 17.4 Å². The lowest BCUT2D eigenvalue weighted by molar-refractivity contribution is 0.102. The molecule has 0 atom stereocenters. The number of amides is 1. The number of H-pyrrole nitrogens is 1. The quantitative estimate of drug-likeness (QED) is 0.750. The van der Waals surface area contributed by atoms with Crippen molar-refractivity contribution in [2.45, 2.75) is 20.8 Å². The average molecular weight is 279 g/mol. The number of imidazole rings is 1. The number of nitrogens with zero attached hydrogens (tertiary/aromatic N) is 1. The minimum atomic E-state index is -0.110. The van der Waals surface area contributed by atoms with Crippen LogP contribution in [0.3, 0.4) is 0 Å². The van der Waals surface area contributed by atoms with E-state index >= 15 is 0 Å². The lowest BCUT2D eigenvalue weighted by Gasteiger charge is -2.13. The summed E-state index contributed by atoms with van der Waals surface area (Å²) in [5.41, 5.74) is 6.56. The van der Waals surface area contributed by atoms with E-state index in [-0.39, 0.29) is 5.91 Å². The van der Waals surface area contributed by atoms with Gasteiger partial charge in [-0.1, -0.05) is 17.7 Å². The first-order valence-electron chi connectivity index (χ1n) is 6.87. The van der Waals surface area contributed by atoms with Crippen LogP contribution in [0.4, 0.5) is 5.69 Å². The summed E-state index contributed by atoms with van der Waals surface area (Å²) in [7, 11) is 0. The van der Waals surface area contributed by atoms with Gasteiger partial charge in [0, 0.05) is 11.3 Å². The van der Waals surface area contributed by atoms with Crippen LogP contribution in [0.1, 0.15) is 27.0 Å². The zero-order chi connectivity index (χ0) is 15.0. The van der Waals surface area contributed by atoms with Gasteiger partial charge in [-0.25, -0.2) is 4.98 Å². The molecule has 1 heterocycles. The van der Waals surface area contributed by atoms with E-state index in [1.54, 1.807) is 12.4 Å². The minimum Gasteiger partial charge on any atom is -0.345 e. The Bertz CT molecular complexity index is 810. The first-order chi connectivity index (χ1) is 10.0. The van der Waals surface area contributed by atoms with Crippen LogP contribution in [0.2, 0.25) is 0 Å². The molecule has 2 aromatic carbocycles. The van der Waals surface area contributed by atoms with Gasteiger partial charge in [0.15, 0.2) is 0 Å². The summed E-state index contributed by atoms with van der Waals surface area (Å²) >= 11 is 0. The van der Waals surface area contributed by atoms with Crippen LogP contribution in [-0.2, 0) is 0 Å². The van der Waals surface area contributed by atoms with Gasteiger partial charge < -0.3 is 10.3 Å². The first kappa shape index (κ1) is 13.4. The Morgan fingerprint density at radius 2 is 1.81 bits per heavy atom. The van der Waals surface area contributed by atoms with Crippen molar-refractivity contribution in [1.82, 2.24) is 9.97 Å². The second-order valence-corrected chi connectivity index (χ2v) is 5.36. The number of carbonyl (C=O) groups is 1. The largest absolute Gasteiger partial charge is 0.345 e. The second kappa shape index (κ2) is 5.05. The molecule has 4 nitrogen and oxygen atoms in total. The third-order valence-electron chi connectivity index (χ3n) is 3.60. The fourth-order valence-electron chi connectivity index (χ4n) is 2.64.